The van der Waals surface area contributed by atoms with Crippen LogP contribution in [0.15, 0.2) is 48.5 Å². The van der Waals surface area contributed by atoms with Gasteiger partial charge in [0.25, 0.3) is 0 Å². The molecule has 3 rings (SSSR count). The van der Waals surface area contributed by atoms with Crippen LogP contribution in [0.25, 0.3) is 0 Å². The predicted molar refractivity (Wildman–Crippen MR) is 68.9 cm³/mol. The SMILES string of the molecule is N#Cc1ccc([C@H]2O[C@@H]2c2ccc(C#N)cc2)cc1. The molecule has 90 valence electrons. The highest BCUT2D eigenvalue weighted by Gasteiger charge is 2.41. The number of hydrogen-bond acceptors (Lipinski definition) is 3. The Labute approximate surface area is 111 Å². The summed E-state index contributed by atoms with van der Waals surface area (Å²) in [5, 5.41) is 17.5. The molecule has 0 radical (unpaired) electrons. The Morgan fingerprint density at radius 3 is 1.37 bits per heavy atom. The van der Waals surface area contributed by atoms with Gasteiger partial charge in [0, 0.05) is 0 Å². The lowest BCUT2D eigenvalue weighted by atomic mass is 10.0. The van der Waals surface area contributed by atoms with Crippen molar-refractivity contribution in [1.82, 2.24) is 0 Å². The first kappa shape index (κ1) is 11.5. The van der Waals surface area contributed by atoms with Gasteiger partial charge in [0.2, 0.25) is 0 Å². The summed E-state index contributed by atoms with van der Waals surface area (Å²) in [4.78, 5) is 0. The molecule has 0 bridgehead atoms. The first-order chi connectivity index (χ1) is 9.31. The molecule has 2 aromatic carbocycles. The Balaban J connectivity index is 1.76. The van der Waals surface area contributed by atoms with Crippen molar-refractivity contribution < 1.29 is 4.74 Å². The standard InChI is InChI=1S/C16H10N2O/c17-9-11-1-5-13(6-2-11)15-16(19-15)14-7-3-12(10-18)4-8-14/h1-8,15-16H/t15-,16-/m1/s1. The summed E-state index contributed by atoms with van der Waals surface area (Å²) in [6.07, 6.45) is 0.112. The molecule has 0 spiro atoms. The van der Waals surface area contributed by atoms with Gasteiger partial charge in [0.1, 0.15) is 12.2 Å². The van der Waals surface area contributed by atoms with Crippen LogP contribution in [0.3, 0.4) is 0 Å². The average Bonchev–Trinajstić information content (AvgIpc) is 3.28. The fourth-order valence-corrected chi connectivity index (χ4v) is 2.11. The van der Waals surface area contributed by atoms with E-state index in [4.69, 9.17) is 15.3 Å². The van der Waals surface area contributed by atoms with E-state index in [2.05, 4.69) is 12.1 Å². The molecule has 1 aliphatic rings. The molecule has 1 aliphatic heterocycles. The van der Waals surface area contributed by atoms with Gasteiger partial charge < -0.3 is 4.74 Å². The lowest BCUT2D eigenvalue weighted by molar-refractivity contribution is 0.377. The molecule has 1 heterocycles. The largest absolute Gasteiger partial charge is 0.359 e. The van der Waals surface area contributed by atoms with Crippen molar-refractivity contribution in [3.05, 3.63) is 70.8 Å². The van der Waals surface area contributed by atoms with E-state index in [1.165, 1.54) is 0 Å². The van der Waals surface area contributed by atoms with Gasteiger partial charge in [-0.05, 0) is 35.4 Å². The van der Waals surface area contributed by atoms with E-state index in [0.717, 1.165) is 11.1 Å². The normalized spacial score (nSPS) is 20.3. The fourth-order valence-electron chi connectivity index (χ4n) is 2.11. The fraction of sp³-hybridized carbons (Fsp3) is 0.125. The van der Waals surface area contributed by atoms with Crippen LogP contribution in [0.5, 0.6) is 0 Å². The zero-order chi connectivity index (χ0) is 13.2. The molecular weight excluding hydrogens is 236 g/mol. The zero-order valence-corrected chi connectivity index (χ0v) is 10.1. The molecule has 0 amide bonds. The maximum atomic E-state index is 8.75. The first-order valence-corrected chi connectivity index (χ1v) is 5.97. The Hall–Kier alpha value is -2.62. The van der Waals surface area contributed by atoms with E-state index in [9.17, 15) is 0 Å². The molecule has 1 saturated heterocycles. The topological polar surface area (TPSA) is 60.1 Å². The number of nitriles is 2. The zero-order valence-electron chi connectivity index (χ0n) is 10.1. The van der Waals surface area contributed by atoms with Gasteiger partial charge in [-0.3, -0.25) is 0 Å². The van der Waals surface area contributed by atoms with E-state index >= 15 is 0 Å². The van der Waals surface area contributed by atoms with Crippen LogP contribution in [0.2, 0.25) is 0 Å². The summed E-state index contributed by atoms with van der Waals surface area (Å²) < 4.78 is 5.67. The minimum Gasteiger partial charge on any atom is -0.359 e. The summed E-state index contributed by atoms with van der Waals surface area (Å²) >= 11 is 0. The molecule has 3 nitrogen and oxygen atoms in total. The summed E-state index contributed by atoms with van der Waals surface area (Å²) in [6.45, 7) is 0. The second-order valence-corrected chi connectivity index (χ2v) is 4.44. The van der Waals surface area contributed by atoms with Crippen LogP contribution < -0.4 is 0 Å². The molecule has 1 fully saturated rings. The summed E-state index contributed by atoms with van der Waals surface area (Å²) in [7, 11) is 0. The van der Waals surface area contributed by atoms with E-state index < -0.39 is 0 Å². The number of epoxide rings is 1. The van der Waals surface area contributed by atoms with Crippen LogP contribution >= 0.6 is 0 Å². The number of ether oxygens (including phenoxy) is 1. The third-order valence-corrected chi connectivity index (χ3v) is 3.23. The maximum Gasteiger partial charge on any atom is 0.114 e. The van der Waals surface area contributed by atoms with Crippen LogP contribution in [-0.4, -0.2) is 0 Å². The molecule has 0 saturated carbocycles. The van der Waals surface area contributed by atoms with Crippen LogP contribution in [0.1, 0.15) is 34.5 Å². The van der Waals surface area contributed by atoms with Gasteiger partial charge in [-0.15, -0.1) is 0 Å². The highest BCUT2D eigenvalue weighted by molar-refractivity contribution is 5.38. The van der Waals surface area contributed by atoms with E-state index in [1.807, 2.05) is 24.3 Å². The van der Waals surface area contributed by atoms with E-state index in [0.29, 0.717) is 11.1 Å². The summed E-state index contributed by atoms with van der Waals surface area (Å²) in [5.74, 6) is 0. The second kappa shape index (κ2) is 4.57. The van der Waals surface area contributed by atoms with Crippen molar-refractivity contribution in [3.63, 3.8) is 0 Å². The Morgan fingerprint density at radius 2 is 1.05 bits per heavy atom. The van der Waals surface area contributed by atoms with Gasteiger partial charge >= 0.3 is 0 Å². The van der Waals surface area contributed by atoms with Crippen molar-refractivity contribution in [2.45, 2.75) is 12.2 Å². The predicted octanol–water partition coefficient (Wildman–Crippen LogP) is 3.24. The minimum absolute atomic E-state index is 0.0562. The average molecular weight is 246 g/mol. The van der Waals surface area contributed by atoms with Crippen molar-refractivity contribution in [3.8, 4) is 12.1 Å². The molecule has 0 aliphatic carbocycles. The molecule has 0 N–H and O–H groups in total. The van der Waals surface area contributed by atoms with Crippen LogP contribution in [0, 0.1) is 22.7 Å². The quantitative estimate of drug-likeness (QED) is 0.764. The number of rotatable bonds is 2. The van der Waals surface area contributed by atoms with Crippen molar-refractivity contribution >= 4 is 0 Å². The Bertz CT molecular complexity index is 613. The van der Waals surface area contributed by atoms with Gasteiger partial charge in [-0.25, -0.2) is 0 Å². The molecule has 3 heteroatoms. The first-order valence-electron chi connectivity index (χ1n) is 5.97. The lowest BCUT2D eigenvalue weighted by Gasteiger charge is -1.97. The highest BCUT2D eigenvalue weighted by Crippen LogP contribution is 2.50. The molecule has 0 aromatic heterocycles. The highest BCUT2D eigenvalue weighted by atomic mass is 16.6. The molecular formula is C16H10N2O. The smallest absolute Gasteiger partial charge is 0.114 e. The number of nitrogens with zero attached hydrogens (tertiary/aromatic N) is 2. The van der Waals surface area contributed by atoms with Gasteiger partial charge in [0.15, 0.2) is 0 Å². The maximum absolute atomic E-state index is 8.75. The Kier molecular flexibility index (Phi) is 2.76. The third kappa shape index (κ3) is 2.20. The van der Waals surface area contributed by atoms with Crippen molar-refractivity contribution in [2.75, 3.05) is 0 Å². The molecule has 2 atom stereocenters. The van der Waals surface area contributed by atoms with Gasteiger partial charge in [-0.1, -0.05) is 24.3 Å². The monoisotopic (exact) mass is 246 g/mol. The van der Waals surface area contributed by atoms with E-state index in [1.54, 1.807) is 24.3 Å². The second-order valence-electron chi connectivity index (χ2n) is 4.44. The van der Waals surface area contributed by atoms with Crippen LogP contribution in [0.4, 0.5) is 0 Å². The minimum atomic E-state index is 0.0562. The van der Waals surface area contributed by atoms with Gasteiger partial charge in [0.05, 0.1) is 23.3 Å². The molecule has 19 heavy (non-hydrogen) atoms. The van der Waals surface area contributed by atoms with Gasteiger partial charge in [-0.2, -0.15) is 10.5 Å². The third-order valence-electron chi connectivity index (χ3n) is 3.23. The van der Waals surface area contributed by atoms with Crippen molar-refractivity contribution in [2.24, 2.45) is 0 Å². The van der Waals surface area contributed by atoms with E-state index in [-0.39, 0.29) is 12.2 Å². The molecule has 2 aromatic rings. The number of benzene rings is 2. The summed E-state index contributed by atoms with van der Waals surface area (Å²) in [6, 6.07) is 19.1. The van der Waals surface area contributed by atoms with Crippen molar-refractivity contribution in [1.29, 1.82) is 10.5 Å². The number of hydrogen-bond donors (Lipinski definition) is 0. The molecule has 0 unspecified atom stereocenters. The lowest BCUT2D eigenvalue weighted by Crippen LogP contribution is -1.85. The summed E-state index contributed by atoms with van der Waals surface area (Å²) in [5.41, 5.74) is 3.46. The Morgan fingerprint density at radius 1 is 0.684 bits per heavy atom. The van der Waals surface area contributed by atoms with Crippen LogP contribution in [-0.2, 0) is 4.74 Å².